The van der Waals surface area contributed by atoms with E-state index in [2.05, 4.69) is 98.8 Å². The van der Waals surface area contributed by atoms with Crippen LogP contribution in [0, 0.1) is 5.92 Å². The summed E-state index contributed by atoms with van der Waals surface area (Å²) in [5, 5.41) is 2.21. The summed E-state index contributed by atoms with van der Waals surface area (Å²) in [7, 11) is -1.14. The standard InChI is InChI=1S/C34H44O6Si.CH3I.CH4/c1-24-32(37-22-27-18-20-28(36-7)21-19-27)25(2)39-31(33(24)40-26(3)35)23-38-41(34(4,5)6,29-14-10-8-11-15-29)30-16-12-9-13-17-30;1-2;/h8-21,24-25,31-33H,22-23H2,1-7H3;1H3;1H4/t24?,25-,31?,32?,33-;;/m0../s1. The van der Waals surface area contributed by atoms with Crippen LogP contribution in [0.15, 0.2) is 84.9 Å². The highest BCUT2D eigenvalue weighted by Crippen LogP contribution is 2.38. The molecule has 0 N–H and O–H groups in total. The average molecular weight is 735 g/mol. The Labute approximate surface area is 280 Å². The van der Waals surface area contributed by atoms with Crippen molar-refractivity contribution in [3.63, 3.8) is 0 Å². The predicted octanol–water partition coefficient (Wildman–Crippen LogP) is 7.20. The average Bonchev–Trinajstić information content (AvgIpc) is 3.00. The third kappa shape index (κ3) is 8.93. The van der Waals surface area contributed by atoms with Crippen molar-refractivity contribution < 1.29 is 28.2 Å². The van der Waals surface area contributed by atoms with Crippen molar-refractivity contribution in [2.24, 2.45) is 5.92 Å². The molecular formula is C36H51IO6Si. The van der Waals surface area contributed by atoms with Crippen molar-refractivity contribution in [2.75, 3.05) is 18.6 Å². The van der Waals surface area contributed by atoms with Crippen molar-refractivity contribution in [3.05, 3.63) is 90.5 Å². The van der Waals surface area contributed by atoms with Crippen LogP contribution in [0.4, 0.5) is 0 Å². The van der Waals surface area contributed by atoms with Crippen molar-refractivity contribution in [1.82, 2.24) is 0 Å². The van der Waals surface area contributed by atoms with E-state index in [0.29, 0.717) is 13.2 Å². The molecule has 0 saturated carbocycles. The number of halogens is 1. The van der Waals surface area contributed by atoms with Crippen LogP contribution in [-0.2, 0) is 30.0 Å². The quantitative estimate of drug-likeness (QED) is 0.0951. The molecule has 0 aliphatic carbocycles. The molecule has 1 heterocycles. The van der Waals surface area contributed by atoms with Gasteiger partial charge >= 0.3 is 5.97 Å². The topological polar surface area (TPSA) is 63.2 Å². The fourth-order valence-corrected chi connectivity index (χ4v) is 10.6. The second kappa shape index (κ2) is 17.5. The number of rotatable bonds is 10. The molecular weight excluding hydrogens is 683 g/mol. The lowest BCUT2D eigenvalue weighted by Gasteiger charge is -2.47. The number of esters is 1. The first-order valence-electron chi connectivity index (χ1n) is 14.8. The first-order valence-corrected chi connectivity index (χ1v) is 18.8. The third-order valence-corrected chi connectivity index (χ3v) is 13.0. The molecule has 5 atom stereocenters. The van der Waals surface area contributed by atoms with E-state index in [9.17, 15) is 4.79 Å². The number of ether oxygens (including phenoxy) is 4. The van der Waals surface area contributed by atoms with E-state index >= 15 is 0 Å². The summed E-state index contributed by atoms with van der Waals surface area (Å²) < 4.78 is 31.3. The second-order valence-corrected chi connectivity index (χ2v) is 16.2. The van der Waals surface area contributed by atoms with Crippen LogP contribution in [-0.4, -0.2) is 57.3 Å². The van der Waals surface area contributed by atoms with Crippen LogP contribution >= 0.6 is 22.6 Å². The molecule has 44 heavy (non-hydrogen) atoms. The number of benzene rings is 3. The maximum atomic E-state index is 12.3. The number of hydrogen-bond donors (Lipinski definition) is 0. The minimum absolute atomic E-state index is 0. The smallest absolute Gasteiger partial charge is 0.303 e. The summed E-state index contributed by atoms with van der Waals surface area (Å²) in [6.07, 6.45) is -1.43. The molecule has 3 aromatic rings. The zero-order chi connectivity index (χ0) is 31.6. The molecule has 1 aliphatic heterocycles. The number of alkyl halides is 1. The molecule has 1 fully saturated rings. The minimum Gasteiger partial charge on any atom is -0.497 e. The summed E-state index contributed by atoms with van der Waals surface area (Å²) in [6.45, 7) is 13.0. The molecule has 8 heteroatoms. The fourth-order valence-electron chi connectivity index (χ4n) is 6.06. The Morgan fingerprint density at radius 1 is 0.864 bits per heavy atom. The monoisotopic (exact) mass is 734 g/mol. The Morgan fingerprint density at radius 3 is 1.84 bits per heavy atom. The molecule has 3 aromatic carbocycles. The molecule has 0 radical (unpaired) electrons. The van der Waals surface area contributed by atoms with E-state index in [1.807, 2.05) is 48.3 Å². The molecule has 0 amide bonds. The van der Waals surface area contributed by atoms with Crippen molar-refractivity contribution in [3.8, 4) is 5.75 Å². The van der Waals surface area contributed by atoms with Gasteiger partial charge in [0.25, 0.3) is 8.32 Å². The summed E-state index contributed by atoms with van der Waals surface area (Å²) in [4.78, 5) is 14.2. The van der Waals surface area contributed by atoms with Gasteiger partial charge in [0.2, 0.25) is 0 Å². The minimum atomic E-state index is -2.79. The van der Waals surface area contributed by atoms with Gasteiger partial charge in [0.05, 0.1) is 32.5 Å². The molecule has 1 aliphatic rings. The lowest BCUT2D eigenvalue weighted by Crippen LogP contribution is -2.68. The predicted molar refractivity (Wildman–Crippen MR) is 191 cm³/mol. The number of carbonyl (C=O) groups excluding carboxylic acids is 1. The van der Waals surface area contributed by atoms with E-state index in [1.54, 1.807) is 7.11 Å². The van der Waals surface area contributed by atoms with E-state index in [4.69, 9.17) is 23.4 Å². The van der Waals surface area contributed by atoms with Gasteiger partial charge in [-0.2, -0.15) is 0 Å². The van der Waals surface area contributed by atoms with Gasteiger partial charge in [-0.25, -0.2) is 0 Å². The molecule has 242 valence electrons. The second-order valence-electron chi connectivity index (χ2n) is 11.9. The summed E-state index contributed by atoms with van der Waals surface area (Å²) in [6, 6.07) is 28.9. The number of methoxy groups -OCH3 is 1. The molecule has 0 spiro atoms. The van der Waals surface area contributed by atoms with Crippen molar-refractivity contribution in [1.29, 1.82) is 0 Å². The maximum absolute atomic E-state index is 12.3. The highest BCUT2D eigenvalue weighted by molar-refractivity contribution is 14.1. The largest absolute Gasteiger partial charge is 0.497 e. The maximum Gasteiger partial charge on any atom is 0.303 e. The highest BCUT2D eigenvalue weighted by atomic mass is 127. The van der Waals surface area contributed by atoms with E-state index in [0.717, 1.165) is 11.3 Å². The first-order chi connectivity index (χ1) is 20.6. The Hall–Kier alpha value is -2.24. The van der Waals surface area contributed by atoms with Gasteiger partial charge in [0.1, 0.15) is 18.0 Å². The molecule has 1 saturated heterocycles. The lowest BCUT2D eigenvalue weighted by molar-refractivity contribution is -0.225. The van der Waals surface area contributed by atoms with Gasteiger partial charge in [-0.05, 0) is 45.0 Å². The fraction of sp³-hybridized carbons (Fsp3) is 0.472. The molecule has 0 bridgehead atoms. The SMILES string of the molecule is C.CI.COc1ccc(COC2C(C)[C@H](OC(C)=O)C(CO[Si](c3ccccc3)(c3ccccc3)C(C)(C)C)O[C@H]2C)cc1. The van der Waals surface area contributed by atoms with Crippen molar-refractivity contribution >= 4 is 47.3 Å². The Morgan fingerprint density at radius 2 is 1.39 bits per heavy atom. The van der Waals surface area contributed by atoms with Crippen molar-refractivity contribution in [2.45, 2.75) is 85.0 Å². The van der Waals surface area contributed by atoms with E-state index in [1.165, 1.54) is 17.3 Å². The van der Waals surface area contributed by atoms with Crippen LogP contribution in [0.3, 0.4) is 0 Å². The zero-order valence-corrected chi connectivity index (χ0v) is 29.9. The van der Waals surface area contributed by atoms with E-state index in [-0.39, 0.29) is 36.6 Å². The van der Waals surface area contributed by atoms with Crippen LogP contribution in [0.25, 0.3) is 0 Å². The summed E-state index contributed by atoms with van der Waals surface area (Å²) in [5.41, 5.74) is 1.03. The highest BCUT2D eigenvalue weighted by Gasteiger charge is 2.52. The Kier molecular flexibility index (Phi) is 15.0. The van der Waals surface area contributed by atoms with E-state index < -0.39 is 20.5 Å². The molecule has 4 rings (SSSR count). The molecule has 6 nitrogen and oxygen atoms in total. The lowest BCUT2D eigenvalue weighted by atomic mass is 9.87. The van der Waals surface area contributed by atoms with Crippen LogP contribution in [0.2, 0.25) is 5.04 Å². The normalized spacial score (nSPS) is 21.7. The van der Waals surface area contributed by atoms with Crippen LogP contribution in [0.1, 0.15) is 54.5 Å². The van der Waals surface area contributed by atoms with Gasteiger partial charge in [-0.3, -0.25) is 4.79 Å². The molecule has 3 unspecified atom stereocenters. The Balaban J connectivity index is 0.00000220. The van der Waals surface area contributed by atoms with Gasteiger partial charge < -0.3 is 23.4 Å². The van der Waals surface area contributed by atoms with Gasteiger partial charge in [-0.15, -0.1) is 0 Å². The molecule has 0 aromatic heterocycles. The van der Waals surface area contributed by atoms with Gasteiger partial charge in [0.15, 0.2) is 0 Å². The Bertz CT molecular complexity index is 1210. The third-order valence-electron chi connectivity index (χ3n) is 8.04. The summed E-state index contributed by atoms with van der Waals surface area (Å²) >= 11 is 2.15. The zero-order valence-electron chi connectivity index (χ0n) is 26.7. The van der Waals surface area contributed by atoms with Gasteiger partial charge in [-0.1, -0.05) is 131 Å². The number of carbonyl (C=O) groups is 1. The summed E-state index contributed by atoms with van der Waals surface area (Å²) in [5.74, 6) is 0.355. The number of hydrogen-bond acceptors (Lipinski definition) is 6. The van der Waals surface area contributed by atoms with Gasteiger partial charge in [0, 0.05) is 12.8 Å². The van der Waals surface area contributed by atoms with Crippen LogP contribution in [0.5, 0.6) is 5.75 Å². The first kappa shape index (κ1) is 37.9. The van der Waals surface area contributed by atoms with Crippen LogP contribution < -0.4 is 15.1 Å².